The van der Waals surface area contributed by atoms with Crippen LogP contribution in [0, 0.1) is 6.92 Å². The fraction of sp³-hybridized carbons (Fsp3) is 0.143. The number of hydrogen-bond acceptors (Lipinski definition) is 9. The predicted octanol–water partition coefficient (Wildman–Crippen LogP) is -0.384. The zero-order chi connectivity index (χ0) is 16.5. The van der Waals surface area contributed by atoms with E-state index in [2.05, 4.69) is 12.9 Å². The van der Waals surface area contributed by atoms with Crippen LogP contribution in [0.1, 0.15) is 5.56 Å². The normalized spacial score (nSPS) is 13.1. The highest BCUT2D eigenvalue weighted by atomic mass is 32.3. The highest BCUT2D eigenvalue weighted by Gasteiger charge is 2.25. The molecular formula is C7H8O11S3. The van der Waals surface area contributed by atoms with Crippen LogP contribution in [0.15, 0.2) is 23.1 Å². The molecule has 0 atom stereocenters. The van der Waals surface area contributed by atoms with Crippen LogP contribution in [-0.2, 0) is 39.6 Å². The van der Waals surface area contributed by atoms with Crippen LogP contribution in [0.3, 0.4) is 0 Å². The summed E-state index contributed by atoms with van der Waals surface area (Å²) in [6.45, 7) is 1.45. The van der Waals surface area contributed by atoms with Crippen molar-refractivity contribution in [2.24, 2.45) is 0 Å². The van der Waals surface area contributed by atoms with Crippen molar-refractivity contribution in [3.8, 4) is 5.75 Å². The number of benzene rings is 1. The summed E-state index contributed by atoms with van der Waals surface area (Å²) < 4.78 is 92.5. The van der Waals surface area contributed by atoms with Crippen LogP contribution in [0.4, 0.5) is 0 Å². The molecule has 0 unspecified atom stereocenters. The highest BCUT2D eigenvalue weighted by Crippen LogP contribution is 2.26. The Morgan fingerprint density at radius 1 is 0.952 bits per heavy atom. The summed E-state index contributed by atoms with van der Waals surface area (Å²) in [6, 6.07) is 2.99. The van der Waals surface area contributed by atoms with Gasteiger partial charge in [0.05, 0.1) is 0 Å². The quantitative estimate of drug-likeness (QED) is 0.383. The smallest absolute Gasteiger partial charge is 0.358 e. The molecule has 0 bridgehead atoms. The minimum absolute atomic E-state index is 0.350. The van der Waals surface area contributed by atoms with Crippen molar-refractivity contribution in [2.45, 2.75) is 11.8 Å². The molecular weight excluding hydrogens is 356 g/mol. The van der Waals surface area contributed by atoms with Crippen molar-refractivity contribution >= 4 is 30.9 Å². The van der Waals surface area contributed by atoms with Crippen molar-refractivity contribution < 1.29 is 47.2 Å². The van der Waals surface area contributed by atoms with Crippen LogP contribution in [-0.4, -0.2) is 34.4 Å². The zero-order valence-electron chi connectivity index (χ0n) is 10.0. The van der Waals surface area contributed by atoms with Gasteiger partial charge in [0.1, 0.15) is 4.90 Å². The van der Waals surface area contributed by atoms with Gasteiger partial charge in [0.15, 0.2) is 5.75 Å². The molecule has 1 rings (SSSR count). The van der Waals surface area contributed by atoms with Crippen LogP contribution < -0.4 is 4.18 Å². The summed E-state index contributed by atoms with van der Waals surface area (Å²) in [4.78, 5) is -0.910. The van der Waals surface area contributed by atoms with E-state index >= 15 is 0 Å². The fourth-order valence-corrected chi connectivity index (χ4v) is 2.67. The second kappa shape index (κ2) is 5.84. The van der Waals surface area contributed by atoms with Crippen LogP contribution in [0.25, 0.3) is 0 Å². The van der Waals surface area contributed by atoms with E-state index in [-0.39, 0.29) is 0 Å². The Bertz CT molecular complexity index is 834. The third-order valence-corrected chi connectivity index (χ3v) is 3.60. The van der Waals surface area contributed by atoms with E-state index < -0.39 is 41.6 Å². The van der Waals surface area contributed by atoms with Gasteiger partial charge >= 0.3 is 20.8 Å². The molecule has 0 aliphatic rings. The summed E-state index contributed by atoms with van der Waals surface area (Å²) in [5.41, 5.74) is 0.350. The molecule has 14 heteroatoms. The molecule has 0 saturated heterocycles. The van der Waals surface area contributed by atoms with Crippen molar-refractivity contribution in [1.82, 2.24) is 0 Å². The highest BCUT2D eigenvalue weighted by molar-refractivity contribution is 7.86. The minimum atomic E-state index is -5.25. The van der Waals surface area contributed by atoms with Gasteiger partial charge in [-0.15, -0.1) is 0 Å². The Labute approximate surface area is 120 Å². The summed E-state index contributed by atoms with van der Waals surface area (Å²) in [6.07, 6.45) is 0. The standard InChI is InChI=1S/C7H8O11S3/c1-5-2-3-7(19(8,9)10)6(4-5)16-21(14,15)18-17-20(11,12)13/h2-4H,1H3,(H,8,9,10)(H,11,12,13). The number of hydrogen-bond donors (Lipinski definition) is 2. The van der Waals surface area contributed by atoms with E-state index in [1.807, 2.05) is 0 Å². The minimum Gasteiger partial charge on any atom is -0.358 e. The van der Waals surface area contributed by atoms with Gasteiger partial charge in [0.25, 0.3) is 10.1 Å². The molecule has 0 amide bonds. The molecule has 0 aliphatic carbocycles. The molecule has 0 spiro atoms. The summed E-state index contributed by atoms with van der Waals surface area (Å²) in [7, 11) is -15.3. The average molecular weight is 364 g/mol. The van der Waals surface area contributed by atoms with Gasteiger partial charge in [0, 0.05) is 0 Å². The predicted molar refractivity (Wildman–Crippen MR) is 64.3 cm³/mol. The lowest BCUT2D eigenvalue weighted by molar-refractivity contribution is -0.103. The largest absolute Gasteiger partial charge is 0.477 e. The third kappa shape index (κ3) is 5.92. The Morgan fingerprint density at radius 3 is 2.00 bits per heavy atom. The van der Waals surface area contributed by atoms with Crippen molar-refractivity contribution in [1.29, 1.82) is 0 Å². The van der Waals surface area contributed by atoms with E-state index in [0.717, 1.165) is 12.1 Å². The van der Waals surface area contributed by atoms with E-state index in [1.54, 1.807) is 0 Å². The first-order chi connectivity index (χ1) is 9.30. The molecule has 0 heterocycles. The molecule has 0 saturated carbocycles. The van der Waals surface area contributed by atoms with E-state index in [1.165, 1.54) is 13.0 Å². The van der Waals surface area contributed by atoms with Crippen molar-refractivity contribution in [3.05, 3.63) is 23.8 Å². The van der Waals surface area contributed by atoms with Gasteiger partial charge in [-0.05, 0) is 24.6 Å². The molecule has 11 nitrogen and oxygen atoms in total. The molecule has 2 N–H and O–H groups in total. The lowest BCUT2D eigenvalue weighted by Gasteiger charge is -2.08. The van der Waals surface area contributed by atoms with E-state index in [4.69, 9.17) is 9.11 Å². The maximum Gasteiger partial charge on any atom is 0.477 e. The molecule has 0 aromatic heterocycles. The monoisotopic (exact) mass is 364 g/mol. The summed E-state index contributed by atoms with van der Waals surface area (Å²) in [5, 5.41) is 0. The summed E-state index contributed by atoms with van der Waals surface area (Å²) >= 11 is 0. The van der Waals surface area contributed by atoms with Gasteiger partial charge in [-0.1, -0.05) is 14.7 Å². The number of aryl methyl sites for hydroxylation is 1. The van der Waals surface area contributed by atoms with Crippen molar-refractivity contribution in [3.63, 3.8) is 0 Å². The van der Waals surface area contributed by atoms with Gasteiger partial charge in [-0.3, -0.25) is 9.11 Å². The number of rotatable bonds is 6. The Hall–Kier alpha value is -1.29. The topological polar surface area (TPSA) is 171 Å². The van der Waals surface area contributed by atoms with Crippen LogP contribution >= 0.6 is 0 Å². The molecule has 1 aromatic carbocycles. The van der Waals surface area contributed by atoms with Gasteiger partial charge in [-0.2, -0.15) is 25.3 Å². The van der Waals surface area contributed by atoms with Gasteiger partial charge in [-0.25, -0.2) is 0 Å². The summed E-state index contributed by atoms with van der Waals surface area (Å²) in [5.74, 6) is -0.864. The first kappa shape index (κ1) is 17.8. The van der Waals surface area contributed by atoms with E-state index in [9.17, 15) is 25.3 Å². The van der Waals surface area contributed by atoms with Crippen LogP contribution in [0.5, 0.6) is 5.75 Å². The lowest BCUT2D eigenvalue weighted by atomic mass is 10.2. The Balaban J connectivity index is 3.16. The maximum absolute atomic E-state index is 11.2. The molecule has 120 valence electrons. The molecule has 0 radical (unpaired) electrons. The van der Waals surface area contributed by atoms with Crippen molar-refractivity contribution in [2.75, 3.05) is 0 Å². The molecule has 0 aliphatic heterocycles. The molecule has 0 fully saturated rings. The third-order valence-electron chi connectivity index (χ3n) is 1.77. The molecule has 21 heavy (non-hydrogen) atoms. The Morgan fingerprint density at radius 2 is 1.52 bits per heavy atom. The Kier molecular flexibility index (Phi) is 4.94. The first-order valence-corrected chi connectivity index (χ1v) is 8.82. The first-order valence-electron chi connectivity index (χ1n) is 4.68. The van der Waals surface area contributed by atoms with Gasteiger partial charge in [0.2, 0.25) is 0 Å². The molecule has 1 aromatic rings. The fourth-order valence-electron chi connectivity index (χ4n) is 1.09. The van der Waals surface area contributed by atoms with Crippen LogP contribution in [0.2, 0.25) is 0 Å². The lowest BCUT2D eigenvalue weighted by Crippen LogP contribution is -2.17. The SMILES string of the molecule is Cc1ccc(S(=O)(=O)O)c(OS(=O)(=O)OOS(=O)(=O)O)c1. The average Bonchev–Trinajstić information content (AvgIpc) is 2.23. The van der Waals surface area contributed by atoms with E-state index in [0.29, 0.717) is 5.56 Å². The zero-order valence-corrected chi connectivity index (χ0v) is 12.5. The second-order valence-electron chi connectivity index (χ2n) is 3.48. The van der Waals surface area contributed by atoms with Gasteiger partial charge < -0.3 is 4.18 Å². The second-order valence-corrected chi connectivity index (χ2v) is 6.98. The maximum atomic E-state index is 11.2.